The normalized spacial score (nSPS) is 15.3. The van der Waals surface area contributed by atoms with Crippen molar-refractivity contribution >= 4 is 11.6 Å². The van der Waals surface area contributed by atoms with Gasteiger partial charge in [0.15, 0.2) is 5.82 Å². The van der Waals surface area contributed by atoms with Gasteiger partial charge in [0.05, 0.1) is 12.8 Å². The number of hydrogen-bond acceptors (Lipinski definition) is 5. The van der Waals surface area contributed by atoms with E-state index in [1.54, 1.807) is 6.26 Å². The van der Waals surface area contributed by atoms with Gasteiger partial charge in [-0.15, -0.1) is 0 Å². The van der Waals surface area contributed by atoms with E-state index in [0.717, 1.165) is 28.8 Å². The van der Waals surface area contributed by atoms with Crippen LogP contribution in [-0.4, -0.2) is 16.0 Å². The lowest BCUT2D eigenvalue weighted by molar-refractivity contribution is 0.518. The van der Waals surface area contributed by atoms with Crippen LogP contribution >= 0.6 is 0 Å². The second kappa shape index (κ2) is 8.71. The molecule has 1 aliphatic carbocycles. The number of aromatic nitrogens is 2. The van der Waals surface area contributed by atoms with E-state index in [1.807, 2.05) is 48.5 Å². The first-order valence-corrected chi connectivity index (χ1v) is 9.84. The summed E-state index contributed by atoms with van der Waals surface area (Å²) in [6.45, 7) is 0.598. The van der Waals surface area contributed by atoms with Crippen LogP contribution in [0.2, 0.25) is 0 Å². The Labute approximate surface area is 160 Å². The third-order valence-corrected chi connectivity index (χ3v) is 4.99. The minimum absolute atomic E-state index is 0.490. The van der Waals surface area contributed by atoms with Crippen LogP contribution in [0.3, 0.4) is 0 Å². The van der Waals surface area contributed by atoms with Crippen molar-refractivity contribution in [2.24, 2.45) is 0 Å². The van der Waals surface area contributed by atoms with Gasteiger partial charge in [-0.3, -0.25) is 0 Å². The van der Waals surface area contributed by atoms with Crippen LogP contribution in [0.15, 0.2) is 59.2 Å². The molecule has 1 aromatic carbocycles. The summed E-state index contributed by atoms with van der Waals surface area (Å²) >= 11 is 0. The lowest BCUT2D eigenvalue weighted by Gasteiger charge is -2.18. The van der Waals surface area contributed by atoms with Crippen LogP contribution < -0.4 is 10.6 Å². The number of benzene rings is 1. The molecule has 4 rings (SSSR count). The second-order valence-corrected chi connectivity index (χ2v) is 7.09. The second-order valence-electron chi connectivity index (χ2n) is 7.09. The highest BCUT2D eigenvalue weighted by molar-refractivity contribution is 5.61. The van der Waals surface area contributed by atoms with Crippen molar-refractivity contribution in [1.82, 2.24) is 9.97 Å². The molecule has 0 aliphatic heterocycles. The van der Waals surface area contributed by atoms with E-state index in [-0.39, 0.29) is 0 Å². The van der Waals surface area contributed by atoms with Crippen LogP contribution in [0.4, 0.5) is 11.6 Å². The maximum absolute atomic E-state index is 5.41. The van der Waals surface area contributed by atoms with Gasteiger partial charge < -0.3 is 15.1 Å². The topological polar surface area (TPSA) is 63.0 Å². The summed E-state index contributed by atoms with van der Waals surface area (Å²) in [7, 11) is 0. The highest BCUT2D eigenvalue weighted by atomic mass is 16.3. The third-order valence-electron chi connectivity index (χ3n) is 4.99. The lowest BCUT2D eigenvalue weighted by atomic mass is 10.1. The fourth-order valence-corrected chi connectivity index (χ4v) is 3.55. The minimum atomic E-state index is 0.490. The van der Waals surface area contributed by atoms with Gasteiger partial charge in [-0.1, -0.05) is 56.0 Å². The molecule has 3 aromatic rings. The maximum Gasteiger partial charge on any atom is 0.163 e. The Hall–Kier alpha value is -2.82. The average molecular weight is 362 g/mol. The molecular weight excluding hydrogens is 336 g/mol. The molecule has 2 aromatic heterocycles. The standard InChI is InChI=1S/C22H26N4O/c1-2-7-12-18(11-6-1)24-21-15-20(23-16-19-13-8-14-27-19)25-22(26-21)17-9-4-3-5-10-17/h3-5,8-10,13-15,18H,1-2,6-7,11-12,16H2,(H2,23,24,25,26). The van der Waals surface area contributed by atoms with E-state index in [9.17, 15) is 0 Å². The van der Waals surface area contributed by atoms with Crippen LogP contribution in [-0.2, 0) is 6.54 Å². The Balaban J connectivity index is 1.57. The Bertz CT molecular complexity index is 825. The quantitative estimate of drug-likeness (QED) is 0.568. The summed E-state index contributed by atoms with van der Waals surface area (Å²) in [5, 5.41) is 7.01. The van der Waals surface area contributed by atoms with Crippen molar-refractivity contribution in [1.29, 1.82) is 0 Å². The van der Waals surface area contributed by atoms with Gasteiger partial charge in [0.25, 0.3) is 0 Å². The van der Waals surface area contributed by atoms with E-state index in [4.69, 9.17) is 14.4 Å². The van der Waals surface area contributed by atoms with Crippen molar-refractivity contribution in [2.75, 3.05) is 10.6 Å². The van der Waals surface area contributed by atoms with E-state index in [0.29, 0.717) is 12.6 Å². The summed E-state index contributed by atoms with van der Waals surface area (Å²) in [6.07, 6.45) is 9.36. The minimum Gasteiger partial charge on any atom is -0.467 e. The molecule has 2 heterocycles. The third kappa shape index (κ3) is 4.88. The molecule has 27 heavy (non-hydrogen) atoms. The summed E-state index contributed by atoms with van der Waals surface area (Å²) in [5.74, 6) is 3.30. The predicted molar refractivity (Wildman–Crippen MR) is 109 cm³/mol. The average Bonchev–Trinajstić information content (AvgIpc) is 3.11. The van der Waals surface area contributed by atoms with E-state index in [2.05, 4.69) is 10.6 Å². The van der Waals surface area contributed by atoms with Crippen LogP contribution in [0.25, 0.3) is 11.4 Å². The number of hydrogen-bond donors (Lipinski definition) is 2. The molecule has 0 radical (unpaired) electrons. The highest BCUT2D eigenvalue weighted by Crippen LogP contribution is 2.24. The number of furan rings is 1. The fraction of sp³-hybridized carbons (Fsp3) is 0.364. The summed E-state index contributed by atoms with van der Waals surface area (Å²) in [6, 6.07) is 16.5. The Morgan fingerprint density at radius 3 is 2.41 bits per heavy atom. The molecule has 1 saturated carbocycles. The summed E-state index contributed by atoms with van der Waals surface area (Å²) < 4.78 is 5.41. The van der Waals surface area contributed by atoms with Crippen LogP contribution in [0, 0.1) is 0 Å². The SMILES string of the molecule is c1ccc(-c2nc(NCc3ccco3)cc(NC3CCCCCC3)n2)cc1. The van der Waals surface area contributed by atoms with Gasteiger partial charge in [0, 0.05) is 17.7 Å². The maximum atomic E-state index is 5.41. The Morgan fingerprint density at radius 1 is 0.889 bits per heavy atom. The van der Waals surface area contributed by atoms with E-state index < -0.39 is 0 Å². The molecule has 2 N–H and O–H groups in total. The zero-order valence-corrected chi connectivity index (χ0v) is 15.5. The Kier molecular flexibility index (Phi) is 5.67. The van der Waals surface area contributed by atoms with Crippen LogP contribution in [0.1, 0.15) is 44.3 Å². The Morgan fingerprint density at radius 2 is 1.67 bits per heavy atom. The molecule has 0 saturated heterocycles. The summed E-state index contributed by atoms with van der Waals surface area (Å²) in [4.78, 5) is 9.50. The lowest BCUT2D eigenvalue weighted by Crippen LogP contribution is -2.19. The van der Waals surface area contributed by atoms with Gasteiger partial charge in [0.2, 0.25) is 0 Å². The number of nitrogens with one attached hydrogen (secondary N) is 2. The molecule has 0 bridgehead atoms. The summed E-state index contributed by atoms with van der Waals surface area (Å²) in [5.41, 5.74) is 1.02. The van der Waals surface area contributed by atoms with Crippen molar-refractivity contribution in [3.8, 4) is 11.4 Å². The smallest absolute Gasteiger partial charge is 0.163 e. The molecule has 5 nitrogen and oxygen atoms in total. The molecule has 1 aliphatic rings. The molecule has 140 valence electrons. The first-order valence-electron chi connectivity index (χ1n) is 9.84. The van der Waals surface area contributed by atoms with Crippen molar-refractivity contribution in [3.05, 3.63) is 60.6 Å². The van der Waals surface area contributed by atoms with Crippen molar-refractivity contribution < 1.29 is 4.42 Å². The molecule has 5 heteroatoms. The van der Waals surface area contributed by atoms with Crippen molar-refractivity contribution in [2.45, 2.75) is 51.1 Å². The van der Waals surface area contributed by atoms with Gasteiger partial charge in [0.1, 0.15) is 17.4 Å². The molecule has 1 fully saturated rings. The van der Waals surface area contributed by atoms with Crippen LogP contribution in [0.5, 0.6) is 0 Å². The van der Waals surface area contributed by atoms with E-state index >= 15 is 0 Å². The molecule has 0 amide bonds. The highest BCUT2D eigenvalue weighted by Gasteiger charge is 2.14. The molecule has 0 unspecified atom stereocenters. The first-order chi connectivity index (χ1) is 13.4. The van der Waals surface area contributed by atoms with Crippen molar-refractivity contribution in [3.63, 3.8) is 0 Å². The number of rotatable bonds is 6. The van der Waals surface area contributed by atoms with Gasteiger partial charge in [-0.25, -0.2) is 9.97 Å². The number of anilines is 2. The van der Waals surface area contributed by atoms with E-state index in [1.165, 1.54) is 38.5 Å². The first kappa shape index (κ1) is 17.6. The molecule has 0 spiro atoms. The van der Waals surface area contributed by atoms with Gasteiger partial charge in [-0.05, 0) is 25.0 Å². The number of nitrogens with zero attached hydrogens (tertiary/aromatic N) is 2. The molecule has 0 atom stereocenters. The van der Waals surface area contributed by atoms with Gasteiger partial charge >= 0.3 is 0 Å². The molecular formula is C22H26N4O. The van der Waals surface area contributed by atoms with Gasteiger partial charge in [-0.2, -0.15) is 0 Å². The zero-order chi connectivity index (χ0) is 18.3. The monoisotopic (exact) mass is 362 g/mol. The predicted octanol–water partition coefficient (Wildman–Crippen LogP) is 5.48. The zero-order valence-electron chi connectivity index (χ0n) is 15.5. The fourth-order valence-electron chi connectivity index (χ4n) is 3.55. The largest absolute Gasteiger partial charge is 0.467 e.